The van der Waals surface area contributed by atoms with Crippen molar-refractivity contribution in [1.82, 2.24) is 4.57 Å². The zero-order chi connectivity index (χ0) is 11.7. The van der Waals surface area contributed by atoms with Gasteiger partial charge in [0.25, 0.3) is 0 Å². The molecule has 0 bridgehead atoms. The minimum absolute atomic E-state index is 0. The Morgan fingerprint density at radius 3 is 2.00 bits per heavy atom. The first kappa shape index (κ1) is 15.9. The summed E-state index contributed by atoms with van der Waals surface area (Å²) in [5.41, 5.74) is 0. The summed E-state index contributed by atoms with van der Waals surface area (Å²) in [4.78, 5) is 0. The van der Waals surface area contributed by atoms with Crippen molar-refractivity contribution in [2.45, 2.75) is 51.6 Å². The first-order valence-corrected chi connectivity index (χ1v) is 13.1. The molecule has 0 unspecified atom stereocenters. The normalized spacial score (nSPS) is 12.4. The fourth-order valence-corrected chi connectivity index (χ4v) is 4.29. The summed E-state index contributed by atoms with van der Waals surface area (Å²) in [5, 5.41) is 0. The molecule has 0 N–H and O–H groups in total. The highest BCUT2D eigenvalue weighted by Gasteiger charge is 2.20. The molecule has 5 heteroatoms. The summed E-state index contributed by atoms with van der Waals surface area (Å²) in [6.45, 7) is 14.5. The minimum atomic E-state index is -0.982. The van der Waals surface area contributed by atoms with Gasteiger partial charge in [-0.25, -0.2) is 9.13 Å². The van der Waals surface area contributed by atoms with E-state index in [2.05, 4.69) is 67.1 Å². The molecule has 0 aliphatic rings. The van der Waals surface area contributed by atoms with Gasteiger partial charge in [-0.05, 0) is 0 Å². The van der Waals surface area contributed by atoms with Crippen LogP contribution in [0.4, 0.5) is 0 Å². The van der Waals surface area contributed by atoms with Gasteiger partial charge in [-0.15, -0.1) is 0 Å². The molecule has 1 heterocycles. The van der Waals surface area contributed by atoms with Crippen molar-refractivity contribution in [3.8, 4) is 0 Å². The lowest BCUT2D eigenvalue weighted by atomic mass is 10.9. The SMILES string of the molecule is C[Si](C)(C)Cn1cc[n+](C[Si](C)(C)C)c1.[Cl-]. The zero-order valence-electron chi connectivity index (χ0n) is 11.4. The molecule has 0 amide bonds. The van der Waals surface area contributed by atoms with Gasteiger partial charge < -0.3 is 12.4 Å². The number of halogens is 1. The Labute approximate surface area is 108 Å². The second kappa shape index (κ2) is 5.51. The number of hydrogen-bond donors (Lipinski definition) is 0. The monoisotopic (exact) mass is 276 g/mol. The third-order valence-electron chi connectivity index (χ3n) is 2.06. The first-order chi connectivity index (χ1) is 6.66. The highest BCUT2D eigenvalue weighted by molar-refractivity contribution is 6.75. The van der Waals surface area contributed by atoms with Crippen molar-refractivity contribution in [1.29, 1.82) is 0 Å². The Hall–Kier alpha value is -0.0662. The van der Waals surface area contributed by atoms with Gasteiger partial charge in [0.2, 0.25) is 6.33 Å². The molecule has 0 aromatic carbocycles. The smallest absolute Gasteiger partial charge is 0.243 e. The number of aromatic nitrogens is 2. The molecular formula is C11H25ClN2Si2. The van der Waals surface area contributed by atoms with E-state index in [1.165, 1.54) is 12.3 Å². The molecule has 0 radical (unpaired) electrons. The molecule has 1 rings (SSSR count). The van der Waals surface area contributed by atoms with Crippen molar-refractivity contribution in [3.63, 3.8) is 0 Å². The van der Waals surface area contributed by atoms with Crippen molar-refractivity contribution < 1.29 is 17.0 Å². The molecule has 1 aromatic rings. The van der Waals surface area contributed by atoms with E-state index in [1.807, 2.05) is 0 Å². The number of imidazole rings is 1. The topological polar surface area (TPSA) is 8.81 Å². The second-order valence-electron chi connectivity index (χ2n) is 6.88. The minimum Gasteiger partial charge on any atom is -1.00 e. The summed E-state index contributed by atoms with van der Waals surface area (Å²) in [6, 6.07) is 0. The second-order valence-corrected chi connectivity index (χ2v) is 17.8. The van der Waals surface area contributed by atoms with E-state index in [9.17, 15) is 0 Å². The first-order valence-electron chi connectivity index (χ1n) is 5.71. The maximum atomic E-state index is 2.41. The van der Waals surface area contributed by atoms with Gasteiger partial charge in [-0.1, -0.05) is 39.3 Å². The fraction of sp³-hybridized carbons (Fsp3) is 0.727. The summed E-state index contributed by atoms with van der Waals surface area (Å²) >= 11 is 0. The average molecular weight is 277 g/mol. The lowest BCUT2D eigenvalue weighted by Crippen LogP contribution is -3.00. The van der Waals surface area contributed by atoms with Gasteiger partial charge in [-0.2, -0.15) is 0 Å². The van der Waals surface area contributed by atoms with Gasteiger partial charge in [0.05, 0.1) is 28.5 Å². The molecule has 0 saturated carbocycles. The van der Waals surface area contributed by atoms with Crippen LogP contribution in [-0.4, -0.2) is 20.7 Å². The van der Waals surface area contributed by atoms with Crippen LogP contribution in [0.1, 0.15) is 0 Å². The van der Waals surface area contributed by atoms with Crippen molar-refractivity contribution >= 4 is 16.1 Å². The van der Waals surface area contributed by atoms with Crippen LogP contribution in [0.15, 0.2) is 18.7 Å². The van der Waals surface area contributed by atoms with E-state index in [-0.39, 0.29) is 12.4 Å². The van der Waals surface area contributed by atoms with Gasteiger partial charge in [0.15, 0.2) is 0 Å². The van der Waals surface area contributed by atoms with Gasteiger partial charge in [0, 0.05) is 0 Å². The zero-order valence-corrected chi connectivity index (χ0v) is 14.2. The van der Waals surface area contributed by atoms with Crippen LogP contribution in [0.3, 0.4) is 0 Å². The molecule has 94 valence electrons. The molecule has 0 fully saturated rings. The molecule has 0 spiro atoms. The van der Waals surface area contributed by atoms with Crippen molar-refractivity contribution in [2.75, 3.05) is 0 Å². The summed E-state index contributed by atoms with van der Waals surface area (Å²) in [7, 11) is -1.96. The maximum Gasteiger partial charge on any atom is 0.243 e. The van der Waals surface area contributed by atoms with Crippen LogP contribution < -0.4 is 17.0 Å². The van der Waals surface area contributed by atoms with Crippen LogP contribution in [-0.2, 0) is 12.3 Å². The molecule has 0 saturated heterocycles. The third-order valence-corrected chi connectivity index (χ3v) is 4.69. The van der Waals surface area contributed by atoms with Gasteiger partial charge in [-0.3, -0.25) is 0 Å². The Balaban J connectivity index is 0.00000225. The number of rotatable bonds is 4. The Bertz CT molecular complexity index is 293. The number of hydrogen-bond acceptors (Lipinski definition) is 0. The molecule has 16 heavy (non-hydrogen) atoms. The van der Waals surface area contributed by atoms with Crippen LogP contribution >= 0.6 is 0 Å². The average Bonchev–Trinajstić information content (AvgIpc) is 2.28. The fourth-order valence-electron chi connectivity index (χ4n) is 1.72. The van der Waals surface area contributed by atoms with Crippen LogP contribution in [0.5, 0.6) is 0 Å². The largest absolute Gasteiger partial charge is 1.00 e. The van der Waals surface area contributed by atoms with Crippen LogP contribution in [0, 0.1) is 0 Å². The quantitative estimate of drug-likeness (QED) is 0.520. The lowest BCUT2D eigenvalue weighted by Gasteiger charge is -2.13. The number of nitrogens with zero attached hydrogens (tertiary/aromatic N) is 2. The summed E-state index contributed by atoms with van der Waals surface area (Å²) in [6.07, 6.45) is 9.17. The van der Waals surface area contributed by atoms with E-state index in [4.69, 9.17) is 0 Å². The van der Waals surface area contributed by atoms with E-state index < -0.39 is 16.1 Å². The molecule has 0 atom stereocenters. The Kier molecular flexibility index (Phi) is 5.49. The molecule has 2 nitrogen and oxygen atoms in total. The third kappa shape index (κ3) is 6.50. The highest BCUT2D eigenvalue weighted by atomic mass is 35.5. The van der Waals surface area contributed by atoms with Crippen LogP contribution in [0.2, 0.25) is 39.3 Å². The Morgan fingerprint density at radius 2 is 1.56 bits per heavy atom. The van der Waals surface area contributed by atoms with Crippen molar-refractivity contribution in [2.24, 2.45) is 0 Å². The summed E-state index contributed by atoms with van der Waals surface area (Å²) in [5.74, 6) is 0. The van der Waals surface area contributed by atoms with Gasteiger partial charge in [0.1, 0.15) is 12.4 Å². The van der Waals surface area contributed by atoms with E-state index >= 15 is 0 Å². The van der Waals surface area contributed by atoms with Crippen LogP contribution in [0.25, 0.3) is 0 Å². The van der Waals surface area contributed by atoms with E-state index in [0.717, 1.165) is 0 Å². The standard InChI is InChI=1S/C11H25N2Si2.ClH/c1-14(2,3)10-12-7-8-13(9-12)11-15(4,5)6;/h7-9H,10-11H2,1-6H3;1H/q+1;/p-1. The van der Waals surface area contributed by atoms with Crippen molar-refractivity contribution in [3.05, 3.63) is 18.7 Å². The Morgan fingerprint density at radius 1 is 1.00 bits per heavy atom. The molecular weight excluding hydrogens is 252 g/mol. The molecule has 0 aliphatic heterocycles. The highest BCUT2D eigenvalue weighted by Crippen LogP contribution is 2.04. The summed E-state index contributed by atoms with van der Waals surface area (Å²) < 4.78 is 4.71. The lowest BCUT2D eigenvalue weighted by molar-refractivity contribution is -0.680. The molecule has 1 aromatic heterocycles. The molecule has 0 aliphatic carbocycles. The van der Waals surface area contributed by atoms with E-state index in [1.54, 1.807) is 0 Å². The maximum absolute atomic E-state index is 2.41. The predicted octanol–water partition coefficient (Wildman–Crippen LogP) is -0.466. The van der Waals surface area contributed by atoms with E-state index in [0.29, 0.717) is 0 Å². The van der Waals surface area contributed by atoms with Gasteiger partial charge >= 0.3 is 0 Å². The predicted molar refractivity (Wildman–Crippen MR) is 71.3 cm³/mol.